The number of hydrogen-bond acceptors (Lipinski definition) is 4. The van der Waals surface area contributed by atoms with Crippen LogP contribution in [0.3, 0.4) is 0 Å². The molecule has 5 nitrogen and oxygen atoms in total. The molecule has 0 radical (unpaired) electrons. The standard InChI is InChI=1S/C15H21NO4/c1-3-19-13-7-5-12(11-14(13)20-4-2)6-8-15(18)16-9-10-17/h5-8,11,17H,3-4,9-10H2,1-2H3,(H,16,18)/b8-6+. The third kappa shape index (κ3) is 5.32. The summed E-state index contributed by atoms with van der Waals surface area (Å²) in [6.07, 6.45) is 3.10. The number of rotatable bonds is 8. The van der Waals surface area contributed by atoms with Crippen LogP contribution in [0.5, 0.6) is 11.5 Å². The molecule has 2 N–H and O–H groups in total. The van der Waals surface area contributed by atoms with E-state index in [4.69, 9.17) is 14.6 Å². The first kappa shape index (κ1) is 16.0. The number of aliphatic hydroxyl groups excluding tert-OH is 1. The van der Waals surface area contributed by atoms with E-state index in [0.29, 0.717) is 24.7 Å². The van der Waals surface area contributed by atoms with Crippen LogP contribution in [0.15, 0.2) is 24.3 Å². The van der Waals surface area contributed by atoms with Gasteiger partial charge in [0, 0.05) is 12.6 Å². The van der Waals surface area contributed by atoms with Gasteiger partial charge in [0.25, 0.3) is 0 Å². The molecule has 0 aromatic heterocycles. The maximum atomic E-state index is 11.4. The molecule has 1 rings (SSSR count). The number of ether oxygens (including phenoxy) is 2. The van der Waals surface area contributed by atoms with Crippen LogP contribution in [0.1, 0.15) is 19.4 Å². The Labute approximate surface area is 119 Å². The lowest BCUT2D eigenvalue weighted by Crippen LogP contribution is -2.24. The van der Waals surface area contributed by atoms with E-state index in [2.05, 4.69) is 5.32 Å². The second kappa shape index (κ2) is 8.98. The van der Waals surface area contributed by atoms with E-state index in [9.17, 15) is 4.79 Å². The number of carbonyl (C=O) groups excluding carboxylic acids is 1. The molecular formula is C15H21NO4. The maximum Gasteiger partial charge on any atom is 0.244 e. The van der Waals surface area contributed by atoms with Gasteiger partial charge >= 0.3 is 0 Å². The van der Waals surface area contributed by atoms with E-state index in [1.165, 1.54) is 6.08 Å². The van der Waals surface area contributed by atoms with Gasteiger partial charge in [-0.05, 0) is 37.6 Å². The second-order valence-corrected chi connectivity index (χ2v) is 3.92. The average Bonchev–Trinajstić information content (AvgIpc) is 2.45. The highest BCUT2D eigenvalue weighted by atomic mass is 16.5. The van der Waals surface area contributed by atoms with Crippen LogP contribution >= 0.6 is 0 Å². The Hall–Kier alpha value is -2.01. The first-order chi connectivity index (χ1) is 9.71. The van der Waals surface area contributed by atoms with Gasteiger partial charge in [-0.1, -0.05) is 6.07 Å². The zero-order chi connectivity index (χ0) is 14.8. The number of benzene rings is 1. The van der Waals surface area contributed by atoms with Gasteiger partial charge in [-0.2, -0.15) is 0 Å². The van der Waals surface area contributed by atoms with Crippen molar-refractivity contribution in [2.24, 2.45) is 0 Å². The topological polar surface area (TPSA) is 67.8 Å². The molecule has 5 heteroatoms. The quantitative estimate of drug-likeness (QED) is 0.709. The minimum absolute atomic E-state index is 0.0723. The zero-order valence-electron chi connectivity index (χ0n) is 11.9. The summed E-state index contributed by atoms with van der Waals surface area (Å²) < 4.78 is 11.0. The minimum Gasteiger partial charge on any atom is -0.490 e. The van der Waals surface area contributed by atoms with Crippen LogP contribution in [-0.4, -0.2) is 37.4 Å². The Morgan fingerprint density at radius 1 is 1.25 bits per heavy atom. The molecule has 0 saturated heterocycles. The zero-order valence-corrected chi connectivity index (χ0v) is 11.9. The van der Waals surface area contributed by atoms with Crippen molar-refractivity contribution in [2.45, 2.75) is 13.8 Å². The summed E-state index contributed by atoms with van der Waals surface area (Å²) in [7, 11) is 0. The van der Waals surface area contributed by atoms with Crippen LogP contribution < -0.4 is 14.8 Å². The smallest absolute Gasteiger partial charge is 0.244 e. The van der Waals surface area contributed by atoms with E-state index in [0.717, 1.165) is 5.56 Å². The summed E-state index contributed by atoms with van der Waals surface area (Å²) in [5.74, 6) is 1.11. The first-order valence-electron chi connectivity index (χ1n) is 6.67. The van der Waals surface area contributed by atoms with E-state index in [1.807, 2.05) is 32.0 Å². The van der Waals surface area contributed by atoms with Gasteiger partial charge in [0.05, 0.1) is 19.8 Å². The van der Waals surface area contributed by atoms with Gasteiger partial charge < -0.3 is 19.9 Å². The third-order valence-electron chi connectivity index (χ3n) is 2.41. The molecule has 0 aliphatic rings. The van der Waals surface area contributed by atoms with E-state index in [-0.39, 0.29) is 19.1 Å². The van der Waals surface area contributed by atoms with Gasteiger partial charge in [-0.15, -0.1) is 0 Å². The monoisotopic (exact) mass is 279 g/mol. The average molecular weight is 279 g/mol. The Kier molecular flexibility index (Phi) is 7.21. The van der Waals surface area contributed by atoms with Crippen molar-refractivity contribution in [1.29, 1.82) is 0 Å². The van der Waals surface area contributed by atoms with Crippen LogP contribution in [0.4, 0.5) is 0 Å². The molecule has 20 heavy (non-hydrogen) atoms. The first-order valence-corrected chi connectivity index (χ1v) is 6.67. The van der Waals surface area contributed by atoms with Crippen LogP contribution in [-0.2, 0) is 4.79 Å². The summed E-state index contributed by atoms with van der Waals surface area (Å²) in [5.41, 5.74) is 0.844. The van der Waals surface area contributed by atoms with Gasteiger partial charge in [0.15, 0.2) is 11.5 Å². The number of hydrogen-bond donors (Lipinski definition) is 2. The predicted molar refractivity (Wildman–Crippen MR) is 77.9 cm³/mol. The molecule has 1 aromatic rings. The highest BCUT2D eigenvalue weighted by Crippen LogP contribution is 2.28. The molecule has 0 saturated carbocycles. The van der Waals surface area contributed by atoms with Crippen molar-refractivity contribution in [2.75, 3.05) is 26.4 Å². The third-order valence-corrected chi connectivity index (χ3v) is 2.41. The fourth-order valence-electron chi connectivity index (χ4n) is 1.58. The summed E-state index contributed by atoms with van der Waals surface area (Å²) in [5, 5.41) is 11.1. The van der Waals surface area contributed by atoms with Crippen LogP contribution in [0.25, 0.3) is 6.08 Å². The Morgan fingerprint density at radius 3 is 2.60 bits per heavy atom. The highest BCUT2D eigenvalue weighted by Gasteiger charge is 2.05. The lowest BCUT2D eigenvalue weighted by Gasteiger charge is -2.11. The van der Waals surface area contributed by atoms with Crippen molar-refractivity contribution in [3.05, 3.63) is 29.8 Å². The van der Waals surface area contributed by atoms with Gasteiger partial charge in [0.1, 0.15) is 0 Å². The number of nitrogens with one attached hydrogen (secondary N) is 1. The summed E-state index contributed by atoms with van der Waals surface area (Å²) in [6.45, 7) is 5.10. The molecule has 0 heterocycles. The second-order valence-electron chi connectivity index (χ2n) is 3.92. The molecule has 0 unspecified atom stereocenters. The lowest BCUT2D eigenvalue weighted by atomic mass is 10.2. The fourth-order valence-corrected chi connectivity index (χ4v) is 1.58. The Morgan fingerprint density at radius 2 is 1.95 bits per heavy atom. The molecule has 0 bridgehead atoms. The molecule has 0 fully saturated rings. The molecule has 110 valence electrons. The largest absolute Gasteiger partial charge is 0.490 e. The molecule has 0 aliphatic heterocycles. The lowest BCUT2D eigenvalue weighted by molar-refractivity contribution is -0.116. The van der Waals surface area contributed by atoms with Crippen molar-refractivity contribution >= 4 is 12.0 Å². The van der Waals surface area contributed by atoms with E-state index < -0.39 is 0 Å². The van der Waals surface area contributed by atoms with Crippen molar-refractivity contribution in [3.8, 4) is 11.5 Å². The summed E-state index contributed by atoms with van der Waals surface area (Å²) in [4.78, 5) is 11.4. The molecule has 1 aromatic carbocycles. The number of aliphatic hydroxyl groups is 1. The predicted octanol–water partition coefficient (Wildman–Crippen LogP) is 1.61. The van der Waals surface area contributed by atoms with Crippen molar-refractivity contribution in [1.82, 2.24) is 5.32 Å². The van der Waals surface area contributed by atoms with Gasteiger partial charge in [0.2, 0.25) is 5.91 Å². The van der Waals surface area contributed by atoms with E-state index >= 15 is 0 Å². The SMILES string of the molecule is CCOc1ccc(/C=C/C(=O)NCCO)cc1OCC. The Bertz CT molecular complexity index is 457. The number of amides is 1. The maximum absolute atomic E-state index is 11.4. The van der Waals surface area contributed by atoms with Gasteiger partial charge in [-0.3, -0.25) is 4.79 Å². The molecule has 0 atom stereocenters. The fraction of sp³-hybridized carbons (Fsp3) is 0.400. The summed E-state index contributed by atoms with van der Waals surface area (Å²) in [6, 6.07) is 5.49. The highest BCUT2D eigenvalue weighted by molar-refractivity contribution is 5.91. The molecular weight excluding hydrogens is 258 g/mol. The Balaban J connectivity index is 2.78. The van der Waals surface area contributed by atoms with Crippen molar-refractivity contribution < 1.29 is 19.4 Å². The number of carbonyl (C=O) groups is 1. The van der Waals surface area contributed by atoms with E-state index in [1.54, 1.807) is 6.08 Å². The minimum atomic E-state index is -0.245. The van der Waals surface area contributed by atoms with Crippen LogP contribution in [0, 0.1) is 0 Å². The summed E-state index contributed by atoms with van der Waals surface area (Å²) >= 11 is 0. The molecule has 0 aliphatic carbocycles. The van der Waals surface area contributed by atoms with Crippen LogP contribution in [0.2, 0.25) is 0 Å². The normalized spacial score (nSPS) is 10.6. The molecule has 0 spiro atoms. The molecule has 1 amide bonds. The van der Waals surface area contributed by atoms with Gasteiger partial charge in [-0.25, -0.2) is 0 Å². The van der Waals surface area contributed by atoms with Crippen molar-refractivity contribution in [3.63, 3.8) is 0 Å².